The first-order valence-electron chi connectivity index (χ1n) is 5.98. The fraction of sp³-hybridized carbons (Fsp3) is 0.500. The molecule has 17 heavy (non-hydrogen) atoms. The van der Waals surface area contributed by atoms with Gasteiger partial charge in [0, 0.05) is 24.5 Å². The van der Waals surface area contributed by atoms with E-state index in [0.717, 1.165) is 24.2 Å². The molecular weight excluding hydrogens is 236 g/mol. The van der Waals surface area contributed by atoms with Crippen molar-refractivity contribution in [2.24, 2.45) is 0 Å². The Balaban J connectivity index is 2.40. The molecule has 94 valence electrons. The van der Waals surface area contributed by atoms with Crippen molar-refractivity contribution in [1.82, 2.24) is 0 Å². The Hall–Kier alpha value is -0.860. The highest BCUT2D eigenvalue weighted by molar-refractivity contribution is 6.31. The van der Waals surface area contributed by atoms with E-state index >= 15 is 0 Å². The number of ketones is 1. The van der Waals surface area contributed by atoms with Crippen molar-refractivity contribution in [2.75, 3.05) is 13.2 Å². The van der Waals surface area contributed by atoms with Crippen LogP contribution in [0.5, 0.6) is 0 Å². The summed E-state index contributed by atoms with van der Waals surface area (Å²) < 4.78 is 5.29. The molecule has 0 aliphatic heterocycles. The first-order chi connectivity index (χ1) is 8.13. The summed E-state index contributed by atoms with van der Waals surface area (Å²) in [4.78, 5) is 11.7. The molecule has 0 aliphatic rings. The van der Waals surface area contributed by atoms with Gasteiger partial charge < -0.3 is 4.74 Å². The predicted molar refractivity (Wildman–Crippen MR) is 70.6 cm³/mol. The van der Waals surface area contributed by atoms with Crippen molar-refractivity contribution in [3.05, 3.63) is 34.3 Å². The van der Waals surface area contributed by atoms with E-state index in [1.165, 1.54) is 0 Å². The Morgan fingerprint density at radius 1 is 1.35 bits per heavy atom. The number of hydrogen-bond donors (Lipinski definition) is 0. The third kappa shape index (κ3) is 5.33. The highest BCUT2D eigenvalue weighted by Crippen LogP contribution is 2.18. The molecule has 1 aromatic carbocycles. The summed E-state index contributed by atoms with van der Waals surface area (Å²) in [7, 11) is 0. The second-order valence-corrected chi connectivity index (χ2v) is 4.58. The second-order valence-electron chi connectivity index (χ2n) is 4.17. The van der Waals surface area contributed by atoms with Gasteiger partial charge in [-0.25, -0.2) is 0 Å². The summed E-state index contributed by atoms with van der Waals surface area (Å²) in [5.74, 6) is 0.173. The number of halogens is 1. The summed E-state index contributed by atoms with van der Waals surface area (Å²) in [5, 5.41) is 0.674. The van der Waals surface area contributed by atoms with Crippen LogP contribution in [0.25, 0.3) is 0 Å². The lowest BCUT2D eigenvalue weighted by molar-refractivity contribution is -0.119. The number of Topliss-reactive ketones (excluding diaryl/α,β-unsaturated/α-hetero) is 1. The maximum absolute atomic E-state index is 11.7. The first-order valence-corrected chi connectivity index (χ1v) is 6.35. The third-order valence-corrected chi connectivity index (χ3v) is 2.82. The van der Waals surface area contributed by atoms with E-state index in [1.54, 1.807) is 0 Å². The highest BCUT2D eigenvalue weighted by atomic mass is 35.5. The van der Waals surface area contributed by atoms with E-state index in [-0.39, 0.29) is 5.78 Å². The van der Waals surface area contributed by atoms with Crippen LogP contribution in [-0.2, 0) is 16.0 Å². The van der Waals surface area contributed by atoms with Crippen LogP contribution in [0.3, 0.4) is 0 Å². The van der Waals surface area contributed by atoms with Gasteiger partial charge in [-0.3, -0.25) is 4.79 Å². The van der Waals surface area contributed by atoms with E-state index in [1.807, 2.05) is 32.0 Å². The zero-order chi connectivity index (χ0) is 12.7. The van der Waals surface area contributed by atoms with Gasteiger partial charge in [-0.2, -0.15) is 0 Å². The van der Waals surface area contributed by atoms with Gasteiger partial charge in [-0.05, 0) is 30.5 Å². The molecule has 0 saturated heterocycles. The number of aryl methyl sites for hydroxylation is 1. The number of carbonyl (C=O) groups excluding carboxylic acids is 1. The van der Waals surface area contributed by atoms with Gasteiger partial charge in [-0.15, -0.1) is 0 Å². The Labute approximate surface area is 108 Å². The molecule has 0 spiro atoms. The minimum absolute atomic E-state index is 0.173. The molecular formula is C14H19ClO2. The molecule has 0 heterocycles. The first kappa shape index (κ1) is 14.2. The Morgan fingerprint density at radius 3 is 2.76 bits per heavy atom. The molecule has 0 bridgehead atoms. The lowest BCUT2D eigenvalue weighted by Gasteiger charge is -2.05. The summed E-state index contributed by atoms with van der Waals surface area (Å²) in [6.45, 7) is 5.26. The molecule has 0 unspecified atom stereocenters. The minimum Gasteiger partial charge on any atom is -0.381 e. The van der Waals surface area contributed by atoms with Crippen LogP contribution in [0.4, 0.5) is 0 Å². The minimum atomic E-state index is 0.173. The van der Waals surface area contributed by atoms with Crippen molar-refractivity contribution >= 4 is 17.4 Å². The van der Waals surface area contributed by atoms with E-state index in [0.29, 0.717) is 24.5 Å². The average Bonchev–Trinajstić information content (AvgIpc) is 2.28. The number of carbonyl (C=O) groups is 1. The fourth-order valence-electron chi connectivity index (χ4n) is 1.53. The largest absolute Gasteiger partial charge is 0.381 e. The van der Waals surface area contributed by atoms with Crippen molar-refractivity contribution in [3.8, 4) is 0 Å². The van der Waals surface area contributed by atoms with Gasteiger partial charge in [0.1, 0.15) is 5.78 Å². The highest BCUT2D eigenvalue weighted by Gasteiger charge is 2.07. The molecule has 0 radical (unpaired) electrons. The average molecular weight is 255 g/mol. The van der Waals surface area contributed by atoms with Crippen LogP contribution < -0.4 is 0 Å². The monoisotopic (exact) mass is 254 g/mol. The summed E-state index contributed by atoms with van der Waals surface area (Å²) in [5.41, 5.74) is 2.01. The van der Waals surface area contributed by atoms with Crippen LogP contribution in [0.1, 0.15) is 30.9 Å². The predicted octanol–water partition coefficient (Wildman–Crippen LogP) is 3.58. The topological polar surface area (TPSA) is 26.3 Å². The molecule has 1 aromatic rings. The molecule has 0 amide bonds. The molecule has 0 fully saturated rings. The van der Waals surface area contributed by atoms with E-state index in [9.17, 15) is 4.79 Å². The Bertz CT molecular complexity index is 374. The van der Waals surface area contributed by atoms with Crippen molar-refractivity contribution in [1.29, 1.82) is 0 Å². The zero-order valence-corrected chi connectivity index (χ0v) is 11.2. The second kappa shape index (κ2) is 7.46. The third-order valence-electron chi connectivity index (χ3n) is 2.47. The standard InChI is InChI=1S/C14H19ClO2/c1-3-7-17-8-6-13(16)10-12-5-4-11(2)9-14(12)15/h4-5,9H,3,6-8,10H2,1-2H3. The van der Waals surface area contributed by atoms with Gasteiger partial charge in [0.15, 0.2) is 0 Å². The van der Waals surface area contributed by atoms with E-state index < -0.39 is 0 Å². The van der Waals surface area contributed by atoms with E-state index in [4.69, 9.17) is 16.3 Å². The van der Waals surface area contributed by atoms with Gasteiger partial charge in [0.2, 0.25) is 0 Å². The van der Waals surface area contributed by atoms with Crippen LogP contribution >= 0.6 is 11.6 Å². The molecule has 0 atom stereocenters. The number of benzene rings is 1. The number of hydrogen-bond acceptors (Lipinski definition) is 2. The summed E-state index contributed by atoms with van der Waals surface area (Å²) >= 11 is 6.07. The summed E-state index contributed by atoms with van der Waals surface area (Å²) in [6, 6.07) is 5.78. The molecule has 0 saturated carbocycles. The SMILES string of the molecule is CCCOCCC(=O)Cc1ccc(C)cc1Cl. The lowest BCUT2D eigenvalue weighted by atomic mass is 10.1. The number of ether oxygens (including phenoxy) is 1. The van der Waals surface area contributed by atoms with Crippen LogP contribution in [-0.4, -0.2) is 19.0 Å². The lowest BCUT2D eigenvalue weighted by Crippen LogP contribution is -2.08. The molecule has 0 aliphatic carbocycles. The van der Waals surface area contributed by atoms with Crippen molar-refractivity contribution < 1.29 is 9.53 Å². The molecule has 0 N–H and O–H groups in total. The van der Waals surface area contributed by atoms with E-state index in [2.05, 4.69) is 0 Å². The van der Waals surface area contributed by atoms with Crippen LogP contribution in [0.15, 0.2) is 18.2 Å². The molecule has 1 rings (SSSR count). The Kier molecular flexibility index (Phi) is 6.23. The van der Waals surface area contributed by atoms with Gasteiger partial charge in [-0.1, -0.05) is 30.7 Å². The van der Waals surface area contributed by atoms with Gasteiger partial charge in [0.25, 0.3) is 0 Å². The van der Waals surface area contributed by atoms with Crippen LogP contribution in [0, 0.1) is 6.92 Å². The smallest absolute Gasteiger partial charge is 0.139 e. The van der Waals surface area contributed by atoms with Crippen molar-refractivity contribution in [2.45, 2.75) is 33.1 Å². The van der Waals surface area contributed by atoms with Crippen LogP contribution in [0.2, 0.25) is 5.02 Å². The zero-order valence-electron chi connectivity index (χ0n) is 10.5. The maximum atomic E-state index is 11.7. The normalized spacial score (nSPS) is 10.5. The number of rotatable bonds is 7. The fourth-order valence-corrected chi connectivity index (χ4v) is 1.83. The molecule has 3 heteroatoms. The maximum Gasteiger partial charge on any atom is 0.139 e. The molecule has 0 aromatic heterocycles. The van der Waals surface area contributed by atoms with Crippen molar-refractivity contribution in [3.63, 3.8) is 0 Å². The van der Waals surface area contributed by atoms with Gasteiger partial charge >= 0.3 is 0 Å². The summed E-state index contributed by atoms with van der Waals surface area (Å²) in [6.07, 6.45) is 1.84. The quantitative estimate of drug-likeness (QED) is 0.696. The molecule has 2 nitrogen and oxygen atoms in total. The Morgan fingerprint density at radius 2 is 2.12 bits per heavy atom. The van der Waals surface area contributed by atoms with Gasteiger partial charge in [0.05, 0.1) is 6.61 Å².